The number of nitrogens with one attached hydrogen (secondary N) is 2. The van der Waals surface area contributed by atoms with Gasteiger partial charge >= 0.3 is 0 Å². The Hall–Kier alpha value is -1.01. The van der Waals surface area contributed by atoms with Crippen molar-refractivity contribution >= 4 is 22.4 Å². The van der Waals surface area contributed by atoms with E-state index in [-0.39, 0.29) is 11.3 Å². The van der Waals surface area contributed by atoms with Gasteiger partial charge in [0, 0.05) is 11.8 Å². The van der Waals surface area contributed by atoms with Crippen molar-refractivity contribution in [2.24, 2.45) is 11.8 Å². The second kappa shape index (κ2) is 6.83. The van der Waals surface area contributed by atoms with E-state index in [1.165, 1.54) is 24.2 Å². The van der Waals surface area contributed by atoms with E-state index in [2.05, 4.69) is 48.5 Å². The summed E-state index contributed by atoms with van der Waals surface area (Å²) < 4.78 is 0. The Morgan fingerprint density at radius 2 is 2.24 bits per heavy atom. The lowest BCUT2D eigenvalue weighted by atomic mass is 9.85. The number of carbonyl (C=O) groups is 1. The van der Waals surface area contributed by atoms with E-state index in [0.29, 0.717) is 23.4 Å². The summed E-state index contributed by atoms with van der Waals surface area (Å²) in [6, 6.07) is 0. The third kappa shape index (κ3) is 4.74. The lowest BCUT2D eigenvalue weighted by Crippen LogP contribution is -2.34. The molecule has 2 heterocycles. The van der Waals surface area contributed by atoms with Crippen LogP contribution in [-0.4, -0.2) is 29.2 Å². The van der Waals surface area contributed by atoms with Crippen molar-refractivity contribution in [2.45, 2.75) is 52.4 Å². The van der Waals surface area contributed by atoms with E-state index < -0.39 is 0 Å². The molecule has 0 aliphatic carbocycles. The van der Waals surface area contributed by atoms with Crippen molar-refractivity contribution in [1.29, 1.82) is 0 Å². The number of piperidine rings is 1. The lowest BCUT2D eigenvalue weighted by molar-refractivity contribution is -0.117. The van der Waals surface area contributed by atoms with Crippen molar-refractivity contribution in [3.63, 3.8) is 0 Å². The van der Waals surface area contributed by atoms with Crippen LogP contribution in [-0.2, 0) is 10.2 Å². The molecule has 0 saturated carbocycles. The molecule has 0 spiro atoms. The van der Waals surface area contributed by atoms with E-state index in [1.54, 1.807) is 0 Å². The first kappa shape index (κ1) is 16.4. The zero-order valence-electron chi connectivity index (χ0n) is 13.4. The van der Waals surface area contributed by atoms with Gasteiger partial charge in [-0.05, 0) is 37.8 Å². The summed E-state index contributed by atoms with van der Waals surface area (Å²) >= 11 is 1.46. The van der Waals surface area contributed by atoms with Crippen molar-refractivity contribution in [1.82, 2.24) is 15.5 Å². The highest BCUT2D eigenvalue weighted by Crippen LogP contribution is 2.28. The molecule has 5 nitrogen and oxygen atoms in total. The van der Waals surface area contributed by atoms with Crippen LogP contribution in [0, 0.1) is 11.8 Å². The zero-order valence-corrected chi connectivity index (χ0v) is 14.2. The van der Waals surface area contributed by atoms with Crippen molar-refractivity contribution < 1.29 is 4.79 Å². The van der Waals surface area contributed by atoms with Crippen LogP contribution in [0.2, 0.25) is 0 Å². The molecular formula is C15H26N4OS. The van der Waals surface area contributed by atoms with Gasteiger partial charge < -0.3 is 10.6 Å². The van der Waals surface area contributed by atoms with Crippen LogP contribution in [0.4, 0.5) is 5.13 Å². The number of hydrogen-bond donors (Lipinski definition) is 2. The Kier molecular flexibility index (Phi) is 5.32. The molecule has 1 aliphatic heterocycles. The predicted molar refractivity (Wildman–Crippen MR) is 86.6 cm³/mol. The van der Waals surface area contributed by atoms with E-state index in [1.807, 2.05) is 0 Å². The van der Waals surface area contributed by atoms with E-state index >= 15 is 0 Å². The quantitative estimate of drug-likeness (QED) is 0.897. The number of anilines is 1. The first-order chi connectivity index (χ1) is 9.86. The average molecular weight is 310 g/mol. The minimum Gasteiger partial charge on any atom is -0.316 e. The third-order valence-corrected chi connectivity index (χ3v) is 5.22. The molecule has 118 valence electrons. The molecule has 2 N–H and O–H groups in total. The smallest absolute Gasteiger partial charge is 0.226 e. The molecule has 21 heavy (non-hydrogen) atoms. The predicted octanol–water partition coefficient (Wildman–Crippen LogP) is 2.80. The summed E-state index contributed by atoms with van der Waals surface area (Å²) in [4.78, 5) is 12.1. The Morgan fingerprint density at radius 1 is 1.48 bits per heavy atom. The molecule has 0 aromatic carbocycles. The van der Waals surface area contributed by atoms with Crippen molar-refractivity contribution in [3.05, 3.63) is 5.01 Å². The zero-order chi connectivity index (χ0) is 15.5. The summed E-state index contributed by atoms with van der Waals surface area (Å²) in [5.74, 6) is 1.04. The van der Waals surface area contributed by atoms with Crippen LogP contribution in [0.1, 0.15) is 52.0 Å². The summed E-state index contributed by atoms with van der Waals surface area (Å²) in [6.07, 6.45) is 2.98. The maximum atomic E-state index is 12.1. The number of rotatable bonds is 4. The van der Waals surface area contributed by atoms with Gasteiger partial charge in [-0.3, -0.25) is 4.79 Å². The van der Waals surface area contributed by atoms with E-state index in [0.717, 1.165) is 18.1 Å². The normalized spacial score (nSPS) is 21.0. The second-order valence-electron chi connectivity index (χ2n) is 7.00. The molecule has 0 bridgehead atoms. The number of amides is 1. The Bertz CT molecular complexity index is 474. The Morgan fingerprint density at radius 3 is 2.81 bits per heavy atom. The average Bonchev–Trinajstić information content (AvgIpc) is 2.88. The monoisotopic (exact) mass is 310 g/mol. The third-order valence-electron chi connectivity index (χ3n) is 3.96. The van der Waals surface area contributed by atoms with Gasteiger partial charge in [0.25, 0.3) is 0 Å². The second-order valence-corrected chi connectivity index (χ2v) is 7.98. The first-order valence-corrected chi connectivity index (χ1v) is 8.52. The molecule has 0 radical (unpaired) electrons. The van der Waals surface area contributed by atoms with E-state index in [9.17, 15) is 4.79 Å². The molecule has 2 atom stereocenters. The van der Waals surface area contributed by atoms with Crippen LogP contribution in [0.25, 0.3) is 0 Å². The topological polar surface area (TPSA) is 66.9 Å². The summed E-state index contributed by atoms with van der Waals surface area (Å²) in [5, 5.41) is 16.1. The SMILES string of the molecule is CC(CC(=O)Nc1nnc(C(C)(C)C)s1)C1CCCNC1. The van der Waals surface area contributed by atoms with Gasteiger partial charge in [0.2, 0.25) is 11.0 Å². The van der Waals surface area contributed by atoms with Gasteiger partial charge in [-0.2, -0.15) is 0 Å². The van der Waals surface area contributed by atoms with Crippen molar-refractivity contribution in [3.8, 4) is 0 Å². The van der Waals surface area contributed by atoms with E-state index in [4.69, 9.17) is 0 Å². The van der Waals surface area contributed by atoms with Gasteiger partial charge in [0.05, 0.1) is 0 Å². The highest BCUT2D eigenvalue weighted by molar-refractivity contribution is 7.15. The van der Waals surface area contributed by atoms with Crippen LogP contribution in [0.15, 0.2) is 0 Å². The van der Waals surface area contributed by atoms with Crippen LogP contribution >= 0.6 is 11.3 Å². The Labute approximate surface area is 130 Å². The molecule has 2 unspecified atom stereocenters. The van der Waals surface area contributed by atoms with Gasteiger partial charge in [-0.15, -0.1) is 10.2 Å². The Balaban J connectivity index is 1.85. The number of aromatic nitrogens is 2. The maximum Gasteiger partial charge on any atom is 0.226 e. The maximum absolute atomic E-state index is 12.1. The number of nitrogens with zero attached hydrogens (tertiary/aromatic N) is 2. The van der Waals surface area contributed by atoms with Crippen LogP contribution < -0.4 is 10.6 Å². The van der Waals surface area contributed by atoms with Gasteiger partial charge in [-0.25, -0.2) is 0 Å². The molecule has 1 aromatic heterocycles. The fourth-order valence-corrected chi connectivity index (χ4v) is 3.39. The van der Waals surface area contributed by atoms with Gasteiger partial charge in [-0.1, -0.05) is 39.0 Å². The molecule has 1 saturated heterocycles. The first-order valence-electron chi connectivity index (χ1n) is 7.71. The standard InChI is InChI=1S/C15H26N4OS/c1-10(11-6-5-7-16-9-11)8-12(20)17-14-19-18-13(21-14)15(2,3)4/h10-11,16H,5-9H2,1-4H3,(H,17,19,20). The molecule has 1 fully saturated rings. The molecule has 6 heteroatoms. The minimum absolute atomic E-state index is 0.0261. The molecular weight excluding hydrogens is 284 g/mol. The molecule has 2 rings (SSSR count). The summed E-state index contributed by atoms with van der Waals surface area (Å²) in [7, 11) is 0. The van der Waals surface area contributed by atoms with Crippen molar-refractivity contribution in [2.75, 3.05) is 18.4 Å². The van der Waals surface area contributed by atoms with Gasteiger partial charge in [0.1, 0.15) is 5.01 Å². The molecule has 1 aromatic rings. The fourth-order valence-electron chi connectivity index (χ4n) is 2.57. The fraction of sp³-hybridized carbons (Fsp3) is 0.800. The van der Waals surface area contributed by atoms with Gasteiger partial charge in [0.15, 0.2) is 0 Å². The largest absolute Gasteiger partial charge is 0.316 e. The number of carbonyl (C=O) groups excluding carboxylic acids is 1. The summed E-state index contributed by atoms with van der Waals surface area (Å²) in [6.45, 7) is 10.6. The molecule has 1 aliphatic rings. The summed E-state index contributed by atoms with van der Waals surface area (Å²) in [5.41, 5.74) is -0.0261. The van der Waals surface area contributed by atoms with Crippen LogP contribution in [0.5, 0.6) is 0 Å². The molecule has 1 amide bonds. The van der Waals surface area contributed by atoms with Crippen LogP contribution in [0.3, 0.4) is 0 Å². The lowest BCUT2D eigenvalue weighted by Gasteiger charge is -2.27. The minimum atomic E-state index is -0.0261. The number of hydrogen-bond acceptors (Lipinski definition) is 5. The highest BCUT2D eigenvalue weighted by atomic mass is 32.1. The highest BCUT2D eigenvalue weighted by Gasteiger charge is 2.23.